The molecule has 0 bridgehead atoms. The average Bonchev–Trinajstić information content (AvgIpc) is 2.28. The van der Waals surface area contributed by atoms with E-state index in [4.69, 9.17) is 26.4 Å². The fourth-order valence-electron chi connectivity index (χ4n) is 1.19. The summed E-state index contributed by atoms with van der Waals surface area (Å²) in [5.41, 5.74) is 0. The van der Waals surface area contributed by atoms with Crippen LogP contribution in [0.5, 0.6) is 0 Å². The Hall–Kier alpha value is -0.430. The quantitative estimate of drug-likeness (QED) is 0.444. The first-order valence-corrected chi connectivity index (χ1v) is 6.21. The van der Waals surface area contributed by atoms with Crippen LogP contribution in [-0.2, 0) is 14.2 Å². The molecular weight excluding hydrogens is 240 g/mol. The Morgan fingerprint density at radius 1 is 1.18 bits per heavy atom. The summed E-state index contributed by atoms with van der Waals surface area (Å²) < 4.78 is 15.2. The van der Waals surface area contributed by atoms with E-state index in [-0.39, 0.29) is 6.04 Å². The Morgan fingerprint density at radius 3 is 2.59 bits per heavy atom. The molecular formula is C11H24N2O3S. The van der Waals surface area contributed by atoms with Crippen molar-refractivity contribution in [1.82, 2.24) is 10.6 Å². The third-order valence-electron chi connectivity index (χ3n) is 1.98. The van der Waals surface area contributed by atoms with Gasteiger partial charge in [-0.05, 0) is 25.6 Å². The van der Waals surface area contributed by atoms with Crippen LogP contribution < -0.4 is 10.6 Å². The van der Waals surface area contributed by atoms with Gasteiger partial charge in [-0.25, -0.2) is 0 Å². The second-order valence-electron chi connectivity index (χ2n) is 3.72. The van der Waals surface area contributed by atoms with Crippen LogP contribution in [0.3, 0.4) is 0 Å². The second-order valence-corrected chi connectivity index (χ2v) is 4.12. The number of thiocarbonyl (C=S) groups is 1. The van der Waals surface area contributed by atoms with Gasteiger partial charge in [-0.3, -0.25) is 0 Å². The molecule has 0 aromatic heterocycles. The van der Waals surface area contributed by atoms with Crippen molar-refractivity contribution >= 4 is 17.3 Å². The van der Waals surface area contributed by atoms with E-state index in [0.717, 1.165) is 13.0 Å². The van der Waals surface area contributed by atoms with Crippen molar-refractivity contribution in [1.29, 1.82) is 0 Å². The number of hydrogen-bond acceptors (Lipinski definition) is 4. The van der Waals surface area contributed by atoms with Crippen LogP contribution in [0.15, 0.2) is 0 Å². The molecule has 0 aromatic rings. The van der Waals surface area contributed by atoms with Gasteiger partial charge >= 0.3 is 0 Å². The zero-order valence-electron chi connectivity index (χ0n) is 11.0. The third-order valence-corrected chi connectivity index (χ3v) is 2.24. The smallest absolute Gasteiger partial charge is 0.166 e. The maximum absolute atomic E-state index is 5.33. The van der Waals surface area contributed by atoms with Crippen LogP contribution in [0.4, 0.5) is 0 Å². The minimum Gasteiger partial charge on any atom is -0.383 e. The van der Waals surface area contributed by atoms with Gasteiger partial charge in [-0.2, -0.15) is 0 Å². The molecule has 0 aliphatic rings. The van der Waals surface area contributed by atoms with Gasteiger partial charge in [0, 0.05) is 33.4 Å². The summed E-state index contributed by atoms with van der Waals surface area (Å²) in [6.45, 7) is 5.46. The normalized spacial score (nSPS) is 12.2. The Labute approximate surface area is 109 Å². The van der Waals surface area contributed by atoms with Crippen LogP contribution in [0.25, 0.3) is 0 Å². The van der Waals surface area contributed by atoms with E-state index in [0.29, 0.717) is 31.5 Å². The van der Waals surface area contributed by atoms with Gasteiger partial charge in [0.1, 0.15) is 0 Å². The minimum absolute atomic E-state index is 0.220. The average molecular weight is 264 g/mol. The standard InChI is InChI=1S/C11H24N2O3S/c1-10(9-15-3)13-11(17)12-5-4-6-16-8-7-14-2/h10H,4-9H2,1-3H3,(H2,12,13,17). The number of methoxy groups -OCH3 is 2. The summed E-state index contributed by atoms with van der Waals surface area (Å²) in [5.74, 6) is 0. The van der Waals surface area contributed by atoms with Crippen LogP contribution in [0.1, 0.15) is 13.3 Å². The van der Waals surface area contributed by atoms with Crippen molar-refractivity contribution in [3.8, 4) is 0 Å². The highest BCUT2D eigenvalue weighted by molar-refractivity contribution is 7.80. The van der Waals surface area contributed by atoms with Gasteiger partial charge in [0.05, 0.1) is 19.8 Å². The van der Waals surface area contributed by atoms with E-state index in [1.54, 1.807) is 14.2 Å². The largest absolute Gasteiger partial charge is 0.383 e. The van der Waals surface area contributed by atoms with Gasteiger partial charge in [0.2, 0.25) is 0 Å². The third kappa shape index (κ3) is 11.8. The van der Waals surface area contributed by atoms with E-state index in [1.165, 1.54) is 0 Å². The van der Waals surface area contributed by atoms with Gasteiger partial charge in [-0.15, -0.1) is 0 Å². The zero-order valence-corrected chi connectivity index (χ0v) is 11.8. The fourth-order valence-corrected chi connectivity index (χ4v) is 1.49. The molecule has 102 valence electrons. The topological polar surface area (TPSA) is 51.8 Å². The molecule has 1 unspecified atom stereocenters. The molecule has 0 saturated heterocycles. The van der Waals surface area contributed by atoms with Crippen molar-refractivity contribution in [2.24, 2.45) is 0 Å². The maximum atomic E-state index is 5.33. The Kier molecular flexibility index (Phi) is 11.7. The minimum atomic E-state index is 0.220. The summed E-state index contributed by atoms with van der Waals surface area (Å²) in [6, 6.07) is 0.220. The predicted molar refractivity (Wildman–Crippen MR) is 72.4 cm³/mol. The highest BCUT2D eigenvalue weighted by Gasteiger charge is 2.02. The van der Waals surface area contributed by atoms with Crippen LogP contribution in [0.2, 0.25) is 0 Å². The van der Waals surface area contributed by atoms with E-state index in [9.17, 15) is 0 Å². The fraction of sp³-hybridized carbons (Fsp3) is 0.909. The summed E-state index contributed by atoms with van der Waals surface area (Å²) >= 11 is 5.13. The molecule has 17 heavy (non-hydrogen) atoms. The summed E-state index contributed by atoms with van der Waals surface area (Å²) in [5, 5.41) is 6.90. The lowest BCUT2D eigenvalue weighted by Gasteiger charge is -2.16. The zero-order chi connectivity index (χ0) is 12.9. The summed E-state index contributed by atoms with van der Waals surface area (Å²) in [4.78, 5) is 0. The molecule has 6 heteroatoms. The van der Waals surface area contributed by atoms with Gasteiger partial charge < -0.3 is 24.8 Å². The monoisotopic (exact) mass is 264 g/mol. The molecule has 0 rings (SSSR count). The van der Waals surface area contributed by atoms with E-state index < -0.39 is 0 Å². The summed E-state index contributed by atoms with van der Waals surface area (Å²) in [6.07, 6.45) is 0.921. The Morgan fingerprint density at radius 2 is 1.94 bits per heavy atom. The molecule has 5 nitrogen and oxygen atoms in total. The van der Waals surface area contributed by atoms with Crippen molar-refractivity contribution in [3.05, 3.63) is 0 Å². The van der Waals surface area contributed by atoms with E-state index in [2.05, 4.69) is 10.6 Å². The molecule has 0 aliphatic carbocycles. The van der Waals surface area contributed by atoms with Crippen LogP contribution in [-0.4, -0.2) is 58.3 Å². The number of nitrogens with one attached hydrogen (secondary N) is 2. The van der Waals surface area contributed by atoms with Crippen LogP contribution >= 0.6 is 12.2 Å². The Balaban J connectivity index is 3.27. The van der Waals surface area contributed by atoms with Crippen molar-refractivity contribution in [2.75, 3.05) is 47.2 Å². The predicted octanol–water partition coefficient (Wildman–Crippen LogP) is 0.539. The molecule has 0 saturated carbocycles. The highest BCUT2D eigenvalue weighted by atomic mass is 32.1. The molecule has 0 aromatic carbocycles. The first-order valence-electron chi connectivity index (χ1n) is 5.80. The van der Waals surface area contributed by atoms with Crippen LogP contribution in [0, 0.1) is 0 Å². The van der Waals surface area contributed by atoms with E-state index >= 15 is 0 Å². The first kappa shape index (κ1) is 16.6. The van der Waals surface area contributed by atoms with Crippen molar-refractivity contribution in [2.45, 2.75) is 19.4 Å². The first-order chi connectivity index (χ1) is 8.20. The van der Waals surface area contributed by atoms with E-state index in [1.807, 2.05) is 6.92 Å². The number of hydrogen-bond donors (Lipinski definition) is 2. The molecule has 0 radical (unpaired) electrons. The Bertz CT molecular complexity index is 194. The van der Waals surface area contributed by atoms with Crippen molar-refractivity contribution in [3.63, 3.8) is 0 Å². The molecule has 2 N–H and O–H groups in total. The van der Waals surface area contributed by atoms with Gasteiger partial charge in [0.25, 0.3) is 0 Å². The van der Waals surface area contributed by atoms with Crippen molar-refractivity contribution < 1.29 is 14.2 Å². The number of rotatable bonds is 10. The lowest BCUT2D eigenvalue weighted by molar-refractivity contribution is 0.0698. The molecule has 1 atom stereocenters. The highest BCUT2D eigenvalue weighted by Crippen LogP contribution is 1.84. The SMILES string of the molecule is COCCOCCCNC(=S)NC(C)COC. The summed E-state index contributed by atoms with van der Waals surface area (Å²) in [7, 11) is 3.34. The lowest BCUT2D eigenvalue weighted by atomic mass is 10.4. The number of ether oxygens (including phenoxy) is 3. The second kappa shape index (κ2) is 12.0. The lowest BCUT2D eigenvalue weighted by Crippen LogP contribution is -2.42. The maximum Gasteiger partial charge on any atom is 0.166 e. The van der Waals surface area contributed by atoms with Gasteiger partial charge in [-0.1, -0.05) is 0 Å². The molecule has 0 aliphatic heterocycles. The van der Waals surface area contributed by atoms with Gasteiger partial charge in [0.15, 0.2) is 5.11 Å². The molecule has 0 spiro atoms. The molecule has 0 heterocycles. The molecule has 0 amide bonds. The molecule has 0 fully saturated rings.